The monoisotopic (exact) mass is 142 g/mol. The Morgan fingerprint density at radius 3 is 2.22 bits per heavy atom. The summed E-state index contributed by atoms with van der Waals surface area (Å²) >= 11 is 4.95. The summed E-state index contributed by atoms with van der Waals surface area (Å²) in [6.45, 7) is 5.91. The molecule has 2 nitrogen and oxygen atoms in total. The van der Waals surface area contributed by atoms with E-state index < -0.39 is 0 Å². The van der Waals surface area contributed by atoms with Crippen LogP contribution >= 0.6 is 12.2 Å². The molecule has 0 amide bonds. The lowest BCUT2D eigenvalue weighted by molar-refractivity contribution is 0.506. The van der Waals surface area contributed by atoms with E-state index in [1.807, 2.05) is 20.8 Å². The molecule has 0 radical (unpaired) electrons. The van der Waals surface area contributed by atoms with E-state index in [4.69, 9.17) is 12.2 Å². The highest BCUT2D eigenvalue weighted by molar-refractivity contribution is 7.82. The third-order valence-corrected chi connectivity index (χ3v) is 1.59. The highest BCUT2D eigenvalue weighted by Crippen LogP contribution is 2.11. The van der Waals surface area contributed by atoms with Crippen molar-refractivity contribution in [3.8, 4) is 0 Å². The largest absolute Gasteiger partial charge is 0.351 e. The van der Waals surface area contributed by atoms with Gasteiger partial charge in [0.15, 0.2) is 0 Å². The fourth-order valence-corrected chi connectivity index (χ4v) is 1.16. The Hall–Kier alpha value is -0.440. The van der Waals surface area contributed by atoms with Crippen molar-refractivity contribution in [1.82, 2.24) is 5.32 Å². The van der Waals surface area contributed by atoms with Gasteiger partial charge in [0.25, 0.3) is 0 Å². The zero-order valence-corrected chi connectivity index (χ0v) is 6.67. The molecule has 0 saturated heterocycles. The predicted molar refractivity (Wildman–Crippen MR) is 42.9 cm³/mol. The van der Waals surface area contributed by atoms with Gasteiger partial charge in [-0.2, -0.15) is 0 Å². The SMILES string of the molecule is CC1=NC(C)(C)NC1=S. The minimum Gasteiger partial charge on any atom is -0.351 e. The van der Waals surface area contributed by atoms with Crippen LogP contribution in [0.15, 0.2) is 4.99 Å². The second-order valence-corrected chi connectivity index (χ2v) is 3.12. The maximum Gasteiger partial charge on any atom is 0.124 e. The summed E-state index contributed by atoms with van der Waals surface area (Å²) in [6.07, 6.45) is 0. The van der Waals surface area contributed by atoms with Crippen LogP contribution in [-0.4, -0.2) is 16.4 Å². The van der Waals surface area contributed by atoms with Crippen molar-refractivity contribution in [3.63, 3.8) is 0 Å². The van der Waals surface area contributed by atoms with Crippen LogP contribution in [0.2, 0.25) is 0 Å². The molecule has 1 aliphatic heterocycles. The van der Waals surface area contributed by atoms with Gasteiger partial charge in [-0.05, 0) is 20.8 Å². The van der Waals surface area contributed by atoms with Crippen molar-refractivity contribution in [3.05, 3.63) is 0 Å². The summed E-state index contributed by atoms with van der Waals surface area (Å²) < 4.78 is 0. The molecule has 0 aromatic rings. The van der Waals surface area contributed by atoms with Gasteiger partial charge in [0, 0.05) is 0 Å². The molecule has 1 N–H and O–H groups in total. The van der Waals surface area contributed by atoms with Crippen molar-refractivity contribution in [1.29, 1.82) is 0 Å². The molecule has 0 aliphatic carbocycles. The number of hydrogen-bond acceptors (Lipinski definition) is 2. The van der Waals surface area contributed by atoms with Crippen molar-refractivity contribution >= 4 is 22.9 Å². The average Bonchev–Trinajstić information content (AvgIpc) is 1.79. The number of thiocarbonyl (C=S) groups is 1. The molecule has 3 heteroatoms. The number of nitrogens with one attached hydrogen (secondary N) is 1. The minimum atomic E-state index is -0.166. The molecule has 0 aromatic heterocycles. The van der Waals surface area contributed by atoms with Crippen LogP contribution in [0.25, 0.3) is 0 Å². The Kier molecular flexibility index (Phi) is 1.31. The van der Waals surface area contributed by atoms with Crippen LogP contribution in [-0.2, 0) is 0 Å². The molecule has 0 bridgehead atoms. The van der Waals surface area contributed by atoms with E-state index in [-0.39, 0.29) is 5.66 Å². The summed E-state index contributed by atoms with van der Waals surface area (Å²) in [7, 11) is 0. The van der Waals surface area contributed by atoms with Gasteiger partial charge in [0.1, 0.15) is 10.7 Å². The second-order valence-electron chi connectivity index (χ2n) is 2.71. The molecule has 0 fully saturated rings. The fourth-order valence-electron chi connectivity index (χ4n) is 0.866. The molecule has 0 spiro atoms. The van der Waals surface area contributed by atoms with Crippen LogP contribution in [0.3, 0.4) is 0 Å². The summed E-state index contributed by atoms with van der Waals surface area (Å²) in [5.41, 5.74) is 0.774. The van der Waals surface area contributed by atoms with Crippen molar-refractivity contribution in [2.75, 3.05) is 0 Å². The predicted octanol–water partition coefficient (Wildman–Crippen LogP) is 1.11. The highest BCUT2D eigenvalue weighted by Gasteiger charge is 2.24. The molecular formula is C6H10N2S. The molecule has 9 heavy (non-hydrogen) atoms. The summed E-state index contributed by atoms with van der Waals surface area (Å²) in [5, 5.41) is 3.07. The lowest BCUT2D eigenvalue weighted by Crippen LogP contribution is -2.35. The van der Waals surface area contributed by atoms with Crippen LogP contribution in [0.4, 0.5) is 0 Å². The van der Waals surface area contributed by atoms with Crippen molar-refractivity contribution in [2.45, 2.75) is 26.4 Å². The molecule has 1 aliphatic rings. The Morgan fingerprint density at radius 1 is 1.56 bits per heavy atom. The van der Waals surface area contributed by atoms with E-state index >= 15 is 0 Å². The first-order chi connectivity index (χ1) is 4.01. The van der Waals surface area contributed by atoms with Crippen LogP contribution in [0, 0.1) is 0 Å². The molecule has 1 rings (SSSR count). The zero-order valence-electron chi connectivity index (χ0n) is 5.86. The quantitative estimate of drug-likeness (QED) is 0.512. The summed E-state index contributed by atoms with van der Waals surface area (Å²) in [5.74, 6) is 0. The van der Waals surface area contributed by atoms with Gasteiger partial charge in [-0.25, -0.2) is 0 Å². The first-order valence-corrected chi connectivity index (χ1v) is 3.31. The Labute approximate surface area is 60.4 Å². The van der Waals surface area contributed by atoms with Crippen LogP contribution in [0.5, 0.6) is 0 Å². The van der Waals surface area contributed by atoms with Gasteiger partial charge < -0.3 is 5.32 Å². The van der Waals surface area contributed by atoms with Gasteiger partial charge >= 0.3 is 0 Å². The maximum absolute atomic E-state index is 4.95. The number of nitrogens with zero attached hydrogens (tertiary/aromatic N) is 1. The Morgan fingerprint density at radius 2 is 2.11 bits per heavy atom. The second kappa shape index (κ2) is 1.77. The standard InChI is InChI=1S/C6H10N2S/c1-4-5(9)8-6(2,3)7-4/h1-3H3,(H,8,9). The number of aliphatic imine (C=N–C) groups is 1. The van der Waals surface area contributed by atoms with Gasteiger partial charge in [-0.1, -0.05) is 12.2 Å². The Balaban J connectivity index is 2.86. The normalized spacial score (nSPS) is 23.4. The zero-order chi connectivity index (χ0) is 7.07. The van der Waals surface area contributed by atoms with E-state index in [2.05, 4.69) is 10.3 Å². The summed E-state index contributed by atoms with van der Waals surface area (Å²) in [6, 6.07) is 0. The number of hydrogen-bond donors (Lipinski definition) is 1. The molecule has 1 heterocycles. The van der Waals surface area contributed by atoms with Crippen molar-refractivity contribution in [2.24, 2.45) is 4.99 Å². The fraction of sp³-hybridized carbons (Fsp3) is 0.667. The number of rotatable bonds is 0. The average molecular weight is 142 g/mol. The molecule has 50 valence electrons. The highest BCUT2D eigenvalue weighted by atomic mass is 32.1. The topological polar surface area (TPSA) is 24.4 Å². The van der Waals surface area contributed by atoms with Gasteiger partial charge in [-0.3, -0.25) is 4.99 Å². The molecule has 0 atom stereocenters. The third kappa shape index (κ3) is 1.27. The van der Waals surface area contributed by atoms with Gasteiger partial charge in [0.2, 0.25) is 0 Å². The van der Waals surface area contributed by atoms with Crippen LogP contribution < -0.4 is 5.32 Å². The van der Waals surface area contributed by atoms with E-state index in [0.29, 0.717) is 0 Å². The van der Waals surface area contributed by atoms with Crippen LogP contribution in [0.1, 0.15) is 20.8 Å². The van der Waals surface area contributed by atoms with Crippen molar-refractivity contribution < 1.29 is 0 Å². The van der Waals surface area contributed by atoms with E-state index in [0.717, 1.165) is 10.7 Å². The third-order valence-electron chi connectivity index (χ3n) is 1.20. The van der Waals surface area contributed by atoms with E-state index in [9.17, 15) is 0 Å². The lowest BCUT2D eigenvalue weighted by atomic mass is 10.3. The first-order valence-electron chi connectivity index (χ1n) is 2.90. The maximum atomic E-state index is 4.95. The van der Waals surface area contributed by atoms with Gasteiger partial charge in [-0.15, -0.1) is 0 Å². The molecule has 0 unspecified atom stereocenters. The molecular weight excluding hydrogens is 132 g/mol. The lowest BCUT2D eigenvalue weighted by Gasteiger charge is -2.13. The molecule has 0 aromatic carbocycles. The van der Waals surface area contributed by atoms with E-state index in [1.54, 1.807) is 0 Å². The van der Waals surface area contributed by atoms with E-state index in [1.165, 1.54) is 0 Å². The molecule has 0 saturated carbocycles. The summed E-state index contributed by atoms with van der Waals surface area (Å²) in [4.78, 5) is 5.04. The first kappa shape index (κ1) is 6.68. The Bertz CT molecular complexity index is 181. The van der Waals surface area contributed by atoms with Gasteiger partial charge in [0.05, 0.1) is 5.71 Å². The smallest absolute Gasteiger partial charge is 0.124 e. The minimum absolute atomic E-state index is 0.166.